The van der Waals surface area contributed by atoms with Crippen molar-refractivity contribution in [3.05, 3.63) is 186 Å². The van der Waals surface area contributed by atoms with Gasteiger partial charge in [0.1, 0.15) is 5.58 Å². The van der Waals surface area contributed by atoms with Crippen LogP contribution >= 0.6 is 0 Å². The van der Waals surface area contributed by atoms with Gasteiger partial charge in [-0.2, -0.15) is 0 Å². The predicted molar refractivity (Wildman–Crippen MR) is 291 cm³/mol. The molecule has 0 unspecified atom stereocenters. The van der Waals surface area contributed by atoms with E-state index in [1.807, 2.05) is 0 Å². The van der Waals surface area contributed by atoms with E-state index in [2.05, 4.69) is 229 Å². The summed E-state index contributed by atoms with van der Waals surface area (Å²) in [5, 5.41) is 6.21. The summed E-state index contributed by atoms with van der Waals surface area (Å²) < 4.78 is 7.19. The third-order valence-corrected chi connectivity index (χ3v) is 16.4. The topological polar surface area (TPSA) is 28.4 Å². The molecule has 0 fully saturated rings. The van der Waals surface area contributed by atoms with Crippen LogP contribution in [-0.4, -0.2) is 7.28 Å². The smallest absolute Gasteiger partial charge is 0.198 e. The van der Waals surface area contributed by atoms with Crippen molar-refractivity contribution in [3.8, 4) is 33.4 Å². The summed E-state index contributed by atoms with van der Waals surface area (Å²) >= 11 is 0. The Morgan fingerprint density at radius 3 is 1.71 bits per heavy atom. The average molecular weight is 885 g/mol. The SMILES string of the molecule is CC1(C)CCC(C)(C)c2cc(N3c4cc5c(cc4Bc4c(-c6cc(-c7ccccc7)ccc6Nc6ccc(-c7ccccc7)cc6)cc6c(oc7ccccc76)c43)C(C)(C)CCC5(C)C)ccc21. The van der Waals surface area contributed by atoms with Crippen LogP contribution in [0.25, 0.3) is 55.3 Å². The fourth-order valence-electron chi connectivity index (χ4n) is 12.0. The molecule has 1 aromatic heterocycles. The lowest BCUT2D eigenvalue weighted by atomic mass is 9.55. The molecule has 3 aliphatic rings. The number of anilines is 5. The summed E-state index contributed by atoms with van der Waals surface area (Å²) in [5.74, 6) is 0. The Balaban J connectivity index is 1.15. The molecule has 0 spiro atoms. The fraction of sp³-hybridized carbons (Fsp3) is 0.250. The molecule has 1 aliphatic heterocycles. The Morgan fingerprint density at radius 1 is 0.471 bits per heavy atom. The molecule has 9 aromatic rings. The first-order valence-corrected chi connectivity index (χ1v) is 24.9. The average Bonchev–Trinajstić information content (AvgIpc) is 3.72. The normalized spacial score (nSPS) is 17.1. The van der Waals surface area contributed by atoms with Crippen molar-refractivity contribution in [2.24, 2.45) is 0 Å². The van der Waals surface area contributed by atoms with Crippen LogP contribution in [0.4, 0.5) is 28.4 Å². The molecule has 12 rings (SSSR count). The standard InChI is InChI=1S/C64H61BN2O/c1-61(2)31-32-62(3,4)51-36-45(28-29-50(51)61)67-56-39-53-52(63(5,6)33-34-64(53,7)8)38-54(56)65-58-48(37-49-46-21-15-16-22-57(46)68-60(49)59(58)67)47-35-43(41-19-13-10-14-20-41)25-30-55(47)66-44-26-23-42(24-27-44)40-17-11-9-12-18-40/h9-30,35-39,65-66H,31-34H2,1-8H3. The Labute approximate surface area is 403 Å². The van der Waals surface area contributed by atoms with Crippen molar-refractivity contribution < 1.29 is 4.42 Å². The van der Waals surface area contributed by atoms with Crippen LogP contribution in [0.15, 0.2) is 168 Å². The Morgan fingerprint density at radius 2 is 1.03 bits per heavy atom. The molecule has 0 saturated heterocycles. The molecule has 0 atom stereocenters. The first-order chi connectivity index (χ1) is 32.6. The van der Waals surface area contributed by atoms with Gasteiger partial charge < -0.3 is 14.6 Å². The van der Waals surface area contributed by atoms with E-state index in [-0.39, 0.29) is 21.7 Å². The Kier molecular flexibility index (Phi) is 9.62. The zero-order valence-electron chi connectivity index (χ0n) is 41.0. The van der Waals surface area contributed by atoms with Crippen molar-refractivity contribution in [1.82, 2.24) is 0 Å². The lowest BCUT2D eigenvalue weighted by molar-refractivity contribution is 0.332. The first-order valence-electron chi connectivity index (χ1n) is 24.9. The Hall–Kier alpha value is -6.78. The minimum atomic E-state index is 0.0401. The highest BCUT2D eigenvalue weighted by molar-refractivity contribution is 6.74. The van der Waals surface area contributed by atoms with Gasteiger partial charge in [0.15, 0.2) is 12.9 Å². The van der Waals surface area contributed by atoms with Crippen LogP contribution in [0.5, 0.6) is 0 Å². The molecule has 0 amide bonds. The van der Waals surface area contributed by atoms with Crippen LogP contribution in [0.2, 0.25) is 0 Å². The molecule has 336 valence electrons. The van der Waals surface area contributed by atoms with E-state index in [4.69, 9.17) is 4.42 Å². The van der Waals surface area contributed by atoms with Crippen LogP contribution in [0.3, 0.4) is 0 Å². The minimum Gasteiger partial charge on any atom is -0.454 e. The van der Waals surface area contributed by atoms with Gasteiger partial charge >= 0.3 is 0 Å². The maximum Gasteiger partial charge on any atom is 0.198 e. The van der Waals surface area contributed by atoms with Gasteiger partial charge in [-0.3, -0.25) is 0 Å². The summed E-state index contributed by atoms with van der Waals surface area (Å²) in [6.45, 7) is 19.6. The molecule has 3 nitrogen and oxygen atoms in total. The van der Waals surface area contributed by atoms with Crippen molar-refractivity contribution >= 4 is 68.6 Å². The molecule has 4 heteroatoms. The number of para-hydroxylation sites is 1. The zero-order valence-corrected chi connectivity index (χ0v) is 41.0. The number of benzene rings is 8. The van der Waals surface area contributed by atoms with Gasteiger partial charge in [-0.05, 0) is 157 Å². The van der Waals surface area contributed by atoms with Crippen molar-refractivity contribution in [3.63, 3.8) is 0 Å². The molecule has 1 N–H and O–H groups in total. The second kappa shape index (κ2) is 15.4. The molecule has 8 aromatic carbocycles. The number of fused-ring (bicyclic) bond motifs is 8. The van der Waals surface area contributed by atoms with E-state index in [0.29, 0.717) is 0 Å². The van der Waals surface area contributed by atoms with Gasteiger partial charge in [-0.1, -0.05) is 170 Å². The molecule has 0 saturated carbocycles. The monoisotopic (exact) mass is 884 g/mol. The van der Waals surface area contributed by atoms with E-state index in [0.717, 1.165) is 64.7 Å². The second-order valence-electron chi connectivity index (χ2n) is 22.7. The maximum atomic E-state index is 7.19. The number of nitrogens with one attached hydrogen (secondary N) is 1. The maximum absolute atomic E-state index is 7.19. The number of nitrogens with zero attached hydrogens (tertiary/aromatic N) is 1. The van der Waals surface area contributed by atoms with Crippen molar-refractivity contribution in [1.29, 1.82) is 0 Å². The third kappa shape index (κ3) is 6.93. The third-order valence-electron chi connectivity index (χ3n) is 16.4. The van der Waals surface area contributed by atoms with E-state index in [1.54, 1.807) is 0 Å². The highest BCUT2D eigenvalue weighted by atomic mass is 16.3. The van der Waals surface area contributed by atoms with Crippen molar-refractivity contribution in [2.75, 3.05) is 10.2 Å². The lowest BCUT2D eigenvalue weighted by Crippen LogP contribution is -2.44. The summed E-state index contributed by atoms with van der Waals surface area (Å²) in [6.07, 6.45) is 4.66. The highest BCUT2D eigenvalue weighted by Crippen LogP contribution is 2.53. The largest absolute Gasteiger partial charge is 0.454 e. The Bertz CT molecular complexity index is 3450. The second-order valence-corrected chi connectivity index (χ2v) is 22.7. The van der Waals surface area contributed by atoms with Gasteiger partial charge in [0.25, 0.3) is 0 Å². The summed E-state index contributed by atoms with van der Waals surface area (Å²) in [5.41, 5.74) is 23.5. The summed E-state index contributed by atoms with van der Waals surface area (Å²) in [4.78, 5) is 2.62. The van der Waals surface area contributed by atoms with Crippen LogP contribution in [0, 0.1) is 0 Å². The van der Waals surface area contributed by atoms with E-state index >= 15 is 0 Å². The number of rotatable bonds is 6. The minimum absolute atomic E-state index is 0.0401. The van der Waals surface area contributed by atoms with Gasteiger partial charge in [-0.15, -0.1) is 0 Å². The van der Waals surface area contributed by atoms with E-state index in [9.17, 15) is 0 Å². The quantitative estimate of drug-likeness (QED) is 0.169. The number of furan rings is 1. The fourth-order valence-corrected chi connectivity index (χ4v) is 12.0. The number of hydrogen-bond donors (Lipinski definition) is 1. The molecule has 2 heterocycles. The summed E-state index contributed by atoms with van der Waals surface area (Å²) in [7, 11) is 0.775. The van der Waals surface area contributed by atoms with Gasteiger partial charge in [-0.25, -0.2) is 0 Å². The van der Waals surface area contributed by atoms with Crippen LogP contribution in [-0.2, 0) is 21.7 Å². The molecule has 0 bridgehead atoms. The first kappa shape index (κ1) is 42.6. The molecule has 0 radical (unpaired) electrons. The van der Waals surface area contributed by atoms with Gasteiger partial charge in [0, 0.05) is 39.1 Å². The lowest BCUT2D eigenvalue weighted by Gasteiger charge is -2.45. The van der Waals surface area contributed by atoms with Gasteiger partial charge in [0.2, 0.25) is 0 Å². The van der Waals surface area contributed by atoms with Crippen LogP contribution in [0.1, 0.15) is 103 Å². The summed E-state index contributed by atoms with van der Waals surface area (Å²) in [6, 6.07) is 61.0. The van der Waals surface area contributed by atoms with Crippen LogP contribution < -0.4 is 21.1 Å². The molecular weight excluding hydrogens is 824 g/mol. The number of hydrogen-bond acceptors (Lipinski definition) is 3. The predicted octanol–water partition coefficient (Wildman–Crippen LogP) is 16.2. The molecule has 68 heavy (non-hydrogen) atoms. The van der Waals surface area contributed by atoms with Crippen molar-refractivity contribution in [2.45, 2.75) is 103 Å². The molecular formula is C64H61BN2O. The van der Waals surface area contributed by atoms with E-state index in [1.165, 1.54) is 85.2 Å². The van der Waals surface area contributed by atoms with E-state index < -0.39 is 0 Å². The molecule has 2 aliphatic carbocycles. The zero-order chi connectivity index (χ0) is 46.7. The highest BCUT2D eigenvalue weighted by Gasteiger charge is 2.42. The van der Waals surface area contributed by atoms with Gasteiger partial charge in [0.05, 0.1) is 5.69 Å².